The molecule has 25 heteroatoms. The summed E-state index contributed by atoms with van der Waals surface area (Å²) >= 11 is 0. The van der Waals surface area contributed by atoms with E-state index in [1.54, 1.807) is 90.1 Å². The first-order valence-electron chi connectivity index (χ1n) is 28.2. The lowest BCUT2D eigenvalue weighted by atomic mass is 9.84. The van der Waals surface area contributed by atoms with Gasteiger partial charge in [0.15, 0.2) is 0 Å². The smallest absolute Gasteiger partial charge is 0.407 e. The molecule has 1 saturated heterocycles. The number of carbonyl (C=O) groups is 2. The number of hydrogen-bond donors (Lipinski definition) is 5. The number of rotatable bonds is 14. The summed E-state index contributed by atoms with van der Waals surface area (Å²) in [6.07, 6.45) is 1.98. The summed E-state index contributed by atoms with van der Waals surface area (Å²) in [4.78, 5) is 63.2. The van der Waals surface area contributed by atoms with Gasteiger partial charge >= 0.3 is 12.2 Å². The topological polar surface area (TPSA) is 378 Å². The lowest BCUT2D eigenvalue weighted by molar-refractivity contribution is -0.385. The molecule has 24 nitrogen and oxygen atoms in total. The summed E-state index contributed by atoms with van der Waals surface area (Å²) in [5.74, 6) is 0. The molecule has 1 aliphatic heterocycles. The Hall–Kier alpha value is -9.04. The van der Waals surface area contributed by atoms with E-state index in [4.69, 9.17) is 41.3 Å². The van der Waals surface area contributed by atoms with Gasteiger partial charge in [-0.3, -0.25) is 40.5 Å². The lowest BCUT2D eigenvalue weighted by Crippen LogP contribution is -2.39. The number of anilines is 1. The summed E-state index contributed by atoms with van der Waals surface area (Å²) in [6, 6.07) is 36.7. The molecule has 1 fully saturated rings. The Kier molecular flexibility index (Phi) is 35.9. The Balaban J connectivity index is 0. The van der Waals surface area contributed by atoms with Crippen molar-refractivity contribution in [1.29, 1.82) is 10.5 Å². The minimum atomic E-state index is -0.602. The van der Waals surface area contributed by atoms with Crippen molar-refractivity contribution in [3.05, 3.63) is 190 Å². The Morgan fingerprint density at radius 3 is 1.07 bits per heavy atom. The summed E-state index contributed by atoms with van der Waals surface area (Å²) in [6.45, 7) is 31.9. The number of nitriles is 2. The first kappa shape index (κ1) is 82.0. The zero-order chi connectivity index (χ0) is 67.7. The largest absolute Gasteiger partial charge is 0.444 e. The predicted octanol–water partition coefficient (Wildman–Crippen LogP) is 12.8. The first-order chi connectivity index (χ1) is 40.7. The standard InChI is InChI=1S/C15H22N2O4.C15H24N2O2.C10H14N2O2.C10H10N2O2.C8H6N2O2.C4H8O.C2H6O.B/c1-14(2,3)21-13(18)16-10-15(4,5)11-6-8-12(9-7-11)17(19)20;1-14(2,3)19-13(18)17-10-15(4,5)11-6-8-12(16)9-7-11;2*1-10(2,7-11)8-3-5-9(6-4-8)12(13)14;9-6-5-7-1-3-8(4-2-7)10(11)12;1-2-4-5-3-1;1-2-3;/h6-9H,10H2,1-5H3,(H,16,18);6-9H,10,16H2,1-5H3,(H,17,18);3-6H,7,11H2,1-2H3;3-6H,1-2H3;1-4H,5H2;1-4H2;3H,2H2,1H3;. The highest BCUT2D eigenvalue weighted by Crippen LogP contribution is 2.28. The lowest BCUT2D eigenvalue weighted by Gasteiger charge is -2.27. The van der Waals surface area contributed by atoms with Gasteiger partial charge in [0.25, 0.3) is 22.7 Å². The number of hydrogen-bond acceptors (Lipinski definition) is 18. The number of nitro benzene ring substituents is 4. The quantitative estimate of drug-likeness (QED) is 0.0298. The van der Waals surface area contributed by atoms with Crippen molar-refractivity contribution in [2.75, 3.05) is 45.2 Å². The molecule has 0 aromatic heterocycles. The molecule has 2 amide bonds. The van der Waals surface area contributed by atoms with Crippen molar-refractivity contribution in [3.63, 3.8) is 0 Å². The number of aliphatic hydroxyl groups is 1. The monoisotopic (exact) mass is 1230 g/mol. The Morgan fingerprint density at radius 1 is 0.539 bits per heavy atom. The Morgan fingerprint density at radius 2 is 0.820 bits per heavy atom. The third kappa shape index (κ3) is 34.2. The van der Waals surface area contributed by atoms with Gasteiger partial charge in [0, 0.05) is 118 Å². The highest BCUT2D eigenvalue weighted by atomic mass is 16.6. The van der Waals surface area contributed by atoms with Crippen molar-refractivity contribution in [1.82, 2.24) is 10.6 Å². The predicted molar refractivity (Wildman–Crippen MR) is 346 cm³/mol. The van der Waals surface area contributed by atoms with Gasteiger partial charge in [-0.2, -0.15) is 10.5 Å². The molecule has 89 heavy (non-hydrogen) atoms. The molecule has 0 spiro atoms. The van der Waals surface area contributed by atoms with Crippen molar-refractivity contribution in [2.45, 2.75) is 156 Å². The van der Waals surface area contributed by atoms with E-state index in [0.29, 0.717) is 19.6 Å². The van der Waals surface area contributed by atoms with Crippen LogP contribution in [-0.2, 0) is 42.3 Å². The fourth-order valence-corrected chi connectivity index (χ4v) is 6.94. The molecule has 3 radical (unpaired) electrons. The third-order valence-corrected chi connectivity index (χ3v) is 12.4. The summed E-state index contributed by atoms with van der Waals surface area (Å²) in [7, 11) is 0. The molecule has 0 aliphatic carbocycles. The first-order valence-corrected chi connectivity index (χ1v) is 28.2. The molecule has 6 rings (SSSR count). The van der Waals surface area contributed by atoms with Gasteiger partial charge in [-0.05, 0) is 115 Å². The van der Waals surface area contributed by atoms with Crippen molar-refractivity contribution in [2.24, 2.45) is 5.73 Å². The maximum absolute atomic E-state index is 11.7. The SMILES string of the molecule is C1CCOC1.CC(C)(C#N)c1ccc([N+](=O)[O-])cc1.CC(C)(C)OC(=O)NCC(C)(C)c1ccc(N)cc1.CC(C)(C)OC(=O)NCC(C)(C)c1ccc([N+](=O)[O-])cc1.CC(C)(CN)c1ccc([N+](=O)[O-])cc1.CCO.N#CCc1ccc([N+](=O)[O-])cc1.[B]. The van der Waals surface area contributed by atoms with Gasteiger partial charge in [-0.25, -0.2) is 9.59 Å². The minimum Gasteiger partial charge on any atom is -0.444 e. The molecule has 0 saturated carbocycles. The second-order valence-electron chi connectivity index (χ2n) is 24.2. The molecule has 7 N–H and O–H groups in total. The maximum atomic E-state index is 11.7. The summed E-state index contributed by atoms with van der Waals surface area (Å²) in [5, 5.41) is 71.9. The number of nitro groups is 4. The van der Waals surface area contributed by atoms with Crippen molar-refractivity contribution in [3.8, 4) is 12.1 Å². The highest BCUT2D eigenvalue weighted by Gasteiger charge is 2.26. The van der Waals surface area contributed by atoms with Crippen LogP contribution in [0, 0.1) is 63.1 Å². The number of amides is 2. The number of nitrogens with two attached hydrogens (primary N) is 2. The van der Waals surface area contributed by atoms with E-state index in [1.165, 1.54) is 61.4 Å². The average Bonchev–Trinajstić information content (AvgIpc) is 3.99. The minimum absolute atomic E-state index is 0. The van der Waals surface area contributed by atoms with E-state index < -0.39 is 48.5 Å². The molecule has 0 unspecified atom stereocenters. The molecule has 0 bridgehead atoms. The van der Waals surface area contributed by atoms with Crippen LogP contribution in [0.15, 0.2) is 121 Å². The van der Waals surface area contributed by atoms with Gasteiger partial charge in [0.2, 0.25) is 0 Å². The molecular weight excluding hydrogens is 1140 g/mol. The number of nitrogens with one attached hydrogen (secondary N) is 2. The van der Waals surface area contributed by atoms with Crippen molar-refractivity contribution < 1.29 is 48.6 Å². The fourth-order valence-electron chi connectivity index (χ4n) is 6.94. The summed E-state index contributed by atoms with van der Waals surface area (Å²) in [5.41, 5.74) is 14.6. The van der Waals surface area contributed by atoms with Crippen LogP contribution in [0.25, 0.3) is 0 Å². The number of carbonyl (C=O) groups excluding carboxylic acids is 2. The number of alkyl carbamates (subject to hydrolysis) is 2. The van der Waals surface area contributed by atoms with Gasteiger partial charge < -0.3 is 41.4 Å². The van der Waals surface area contributed by atoms with Gasteiger partial charge in [-0.15, -0.1) is 0 Å². The normalized spacial score (nSPS) is 11.6. The Labute approximate surface area is 525 Å². The molecule has 483 valence electrons. The molecular formula is C64H90BN10O14. The molecule has 5 aromatic rings. The maximum Gasteiger partial charge on any atom is 0.407 e. The fraction of sp³-hybridized carbons (Fsp3) is 0.469. The summed E-state index contributed by atoms with van der Waals surface area (Å²) < 4.78 is 15.3. The van der Waals surface area contributed by atoms with E-state index in [2.05, 4.69) is 30.6 Å². The average molecular weight is 1230 g/mol. The van der Waals surface area contributed by atoms with Crippen LogP contribution in [0.4, 0.5) is 38.0 Å². The second kappa shape index (κ2) is 39.0. The van der Waals surface area contributed by atoms with E-state index >= 15 is 0 Å². The number of non-ortho nitro benzene ring substituents is 4. The van der Waals surface area contributed by atoms with Crippen LogP contribution in [-0.4, -0.2) is 96.1 Å². The molecule has 0 atom stereocenters. The van der Waals surface area contributed by atoms with Crippen LogP contribution in [0.5, 0.6) is 0 Å². The van der Waals surface area contributed by atoms with Crippen LogP contribution in [0.1, 0.15) is 145 Å². The van der Waals surface area contributed by atoms with Crippen LogP contribution in [0.2, 0.25) is 0 Å². The second-order valence-corrected chi connectivity index (χ2v) is 24.2. The van der Waals surface area contributed by atoms with Gasteiger partial charge in [0.1, 0.15) is 11.2 Å². The van der Waals surface area contributed by atoms with E-state index in [-0.39, 0.29) is 60.4 Å². The van der Waals surface area contributed by atoms with Crippen LogP contribution >= 0.6 is 0 Å². The van der Waals surface area contributed by atoms with E-state index in [1.807, 2.05) is 78.8 Å². The highest BCUT2D eigenvalue weighted by molar-refractivity contribution is 5.75. The molecule has 1 heterocycles. The van der Waals surface area contributed by atoms with Gasteiger partial charge in [-0.1, -0.05) is 102 Å². The zero-order valence-electron chi connectivity index (χ0n) is 54.1. The van der Waals surface area contributed by atoms with Crippen molar-refractivity contribution >= 4 is 49.0 Å². The third-order valence-electron chi connectivity index (χ3n) is 12.4. The zero-order valence-corrected chi connectivity index (χ0v) is 54.1. The van der Waals surface area contributed by atoms with Crippen LogP contribution < -0.4 is 22.1 Å². The Bertz CT molecular complexity index is 3030. The number of nitrogen functional groups attached to an aromatic ring is 1. The van der Waals surface area contributed by atoms with Crippen LogP contribution in [0.3, 0.4) is 0 Å². The number of ether oxygens (including phenoxy) is 3. The van der Waals surface area contributed by atoms with E-state index in [9.17, 15) is 50.0 Å². The van der Waals surface area contributed by atoms with Gasteiger partial charge in [0.05, 0.1) is 43.7 Å². The van der Waals surface area contributed by atoms with E-state index in [0.717, 1.165) is 46.7 Å². The molecule has 5 aromatic carbocycles. The number of benzene rings is 5. The number of aliphatic hydroxyl groups excluding tert-OH is 1. The number of nitrogens with zero attached hydrogens (tertiary/aromatic N) is 6. The molecule has 1 aliphatic rings.